The van der Waals surface area contributed by atoms with E-state index in [4.69, 9.17) is 0 Å². The molecule has 2 aromatic carbocycles. The van der Waals surface area contributed by atoms with E-state index in [2.05, 4.69) is 25.0 Å². The van der Waals surface area contributed by atoms with Crippen LogP contribution in [0.15, 0.2) is 64.6 Å². The van der Waals surface area contributed by atoms with Crippen LogP contribution >= 0.6 is 0 Å². The van der Waals surface area contributed by atoms with E-state index in [0.29, 0.717) is 30.1 Å². The van der Waals surface area contributed by atoms with Gasteiger partial charge in [0.25, 0.3) is 10.0 Å². The van der Waals surface area contributed by atoms with Crippen molar-refractivity contribution in [3.63, 3.8) is 0 Å². The number of rotatable bonds is 4. The van der Waals surface area contributed by atoms with Crippen LogP contribution < -0.4 is 15.7 Å². The number of fused-ring (bicyclic) bond motifs is 3. The van der Waals surface area contributed by atoms with Gasteiger partial charge in [-0.2, -0.15) is 18.2 Å². The van der Waals surface area contributed by atoms with Crippen molar-refractivity contribution in [2.24, 2.45) is 4.99 Å². The second-order valence-corrected chi connectivity index (χ2v) is 9.94. The molecule has 0 aromatic heterocycles. The molecule has 36 heavy (non-hydrogen) atoms. The smallest absolute Gasteiger partial charge is 0.369 e. The molecule has 3 aliphatic heterocycles. The molecule has 0 radical (unpaired) electrons. The van der Waals surface area contributed by atoms with Crippen LogP contribution in [0.25, 0.3) is 22.5 Å². The van der Waals surface area contributed by atoms with Gasteiger partial charge in [0.2, 0.25) is 5.62 Å². The molecule has 186 valence electrons. The van der Waals surface area contributed by atoms with E-state index in [0.717, 1.165) is 40.7 Å². The molecular weight excluding hydrogens is 493 g/mol. The van der Waals surface area contributed by atoms with Crippen LogP contribution in [0.4, 0.5) is 24.7 Å². The number of aryl methyl sites for hydroxylation is 1. The second kappa shape index (κ2) is 8.63. The molecule has 0 saturated heterocycles. The second-order valence-electron chi connectivity index (χ2n) is 8.29. The zero-order valence-corrected chi connectivity index (χ0v) is 20.1. The molecule has 5 rings (SSSR count). The van der Waals surface area contributed by atoms with Gasteiger partial charge >= 0.3 is 6.18 Å². The quantitative estimate of drug-likeness (QED) is 0.427. The molecule has 3 aliphatic rings. The first-order valence-corrected chi connectivity index (χ1v) is 12.4. The molecule has 0 saturated carbocycles. The third-order valence-corrected chi connectivity index (χ3v) is 7.39. The summed E-state index contributed by atoms with van der Waals surface area (Å²) in [6.45, 7) is 3.21. The van der Waals surface area contributed by atoms with Gasteiger partial charge in [-0.15, -0.1) is 0 Å². The Morgan fingerprint density at radius 2 is 1.89 bits per heavy atom. The van der Waals surface area contributed by atoms with E-state index in [1.165, 1.54) is 12.1 Å². The summed E-state index contributed by atoms with van der Waals surface area (Å²) in [6.07, 6.45) is -3.14. The summed E-state index contributed by atoms with van der Waals surface area (Å²) in [5.74, 6) is 1.52. The standard InChI is InChI=1S/C24H21F3N6O2S/c1-14-7-8-16(32-36(34,35)20-6-4-3-5-19(20)24(25,26)27)12-17(14)18-11-15-13-30-23(28-2)31-21(15)33-10-9-29-22(18)33/h3-8,11-13,29,32H,9-10H2,1-2H3. The van der Waals surface area contributed by atoms with Gasteiger partial charge < -0.3 is 9.88 Å². The maximum absolute atomic E-state index is 13.4. The highest BCUT2D eigenvalue weighted by Crippen LogP contribution is 2.39. The zero-order chi connectivity index (χ0) is 25.7. The zero-order valence-electron chi connectivity index (χ0n) is 19.3. The van der Waals surface area contributed by atoms with Gasteiger partial charge in [-0.25, -0.2) is 13.4 Å². The van der Waals surface area contributed by atoms with E-state index in [9.17, 15) is 21.6 Å². The van der Waals surface area contributed by atoms with E-state index < -0.39 is 26.7 Å². The Morgan fingerprint density at radius 3 is 2.64 bits per heavy atom. The van der Waals surface area contributed by atoms with Crippen LogP contribution in [0.2, 0.25) is 0 Å². The van der Waals surface area contributed by atoms with E-state index in [-0.39, 0.29) is 5.69 Å². The summed E-state index contributed by atoms with van der Waals surface area (Å²) >= 11 is 0. The lowest BCUT2D eigenvalue weighted by molar-refractivity contribution is -0.139. The minimum atomic E-state index is -4.81. The van der Waals surface area contributed by atoms with Gasteiger partial charge in [-0.3, -0.25) is 9.71 Å². The summed E-state index contributed by atoms with van der Waals surface area (Å²) in [4.78, 5) is 12.0. The van der Waals surface area contributed by atoms with Crippen LogP contribution in [0.5, 0.6) is 0 Å². The number of halogens is 3. The summed E-state index contributed by atoms with van der Waals surface area (Å²) < 4.78 is 70.6. The Hall–Kier alpha value is -3.93. The fraction of sp³-hybridized carbons (Fsp3) is 0.208. The van der Waals surface area contributed by atoms with Crippen molar-refractivity contribution in [1.29, 1.82) is 0 Å². The predicted octanol–water partition coefficient (Wildman–Crippen LogP) is 4.13. The molecule has 0 atom stereocenters. The summed E-state index contributed by atoms with van der Waals surface area (Å²) in [7, 11) is -2.90. The van der Waals surface area contributed by atoms with Gasteiger partial charge in [-0.05, 0) is 48.4 Å². The van der Waals surface area contributed by atoms with Gasteiger partial charge in [0.05, 0.1) is 10.5 Å². The number of aromatic nitrogens is 3. The number of nitrogens with zero attached hydrogens (tertiary/aromatic N) is 4. The topological polar surface area (TPSA) is 101 Å². The lowest BCUT2D eigenvalue weighted by Crippen LogP contribution is -2.19. The van der Waals surface area contributed by atoms with E-state index >= 15 is 0 Å². The highest BCUT2D eigenvalue weighted by molar-refractivity contribution is 7.92. The first-order chi connectivity index (χ1) is 17.1. The fourth-order valence-corrected chi connectivity index (χ4v) is 5.57. The molecule has 0 amide bonds. The third kappa shape index (κ3) is 4.17. The van der Waals surface area contributed by atoms with Gasteiger partial charge in [0, 0.05) is 43.1 Å². The van der Waals surface area contributed by atoms with Gasteiger partial charge in [0.15, 0.2) is 0 Å². The lowest BCUT2D eigenvalue weighted by atomic mass is 9.98. The van der Waals surface area contributed by atoms with Crippen molar-refractivity contribution in [3.8, 4) is 22.5 Å². The minimum absolute atomic E-state index is 0.140. The molecule has 0 fully saturated rings. The van der Waals surface area contributed by atoms with Crippen LogP contribution in [-0.4, -0.2) is 36.5 Å². The highest BCUT2D eigenvalue weighted by Gasteiger charge is 2.37. The number of hydrogen-bond donors (Lipinski definition) is 2. The SMILES string of the molecule is CN=c1ncc2cc(-c3cc(NS(=O)(=O)c4ccccc4C(F)(F)F)ccc3C)c3n(c-2n1)CCN3. The lowest BCUT2D eigenvalue weighted by Gasteiger charge is -2.19. The molecule has 2 N–H and O–H groups in total. The van der Waals surface area contributed by atoms with Crippen molar-refractivity contribution in [1.82, 2.24) is 14.5 Å². The summed E-state index contributed by atoms with van der Waals surface area (Å²) in [5, 5.41) is 3.35. The van der Waals surface area contributed by atoms with Crippen molar-refractivity contribution in [2.75, 3.05) is 23.6 Å². The molecule has 8 nitrogen and oxygen atoms in total. The number of pyridine rings is 1. The number of benzene rings is 2. The molecule has 12 heteroatoms. The maximum Gasteiger partial charge on any atom is 0.417 e. The number of sulfonamides is 1. The van der Waals surface area contributed by atoms with Gasteiger partial charge in [0.1, 0.15) is 11.6 Å². The van der Waals surface area contributed by atoms with Crippen LogP contribution in [0.1, 0.15) is 11.1 Å². The van der Waals surface area contributed by atoms with E-state index in [1.807, 2.05) is 17.6 Å². The number of hydrogen-bond acceptors (Lipinski definition) is 6. The van der Waals surface area contributed by atoms with E-state index in [1.54, 1.807) is 25.4 Å². The Labute approximate surface area is 205 Å². The molecule has 3 heterocycles. The van der Waals surface area contributed by atoms with Gasteiger partial charge in [-0.1, -0.05) is 18.2 Å². The van der Waals surface area contributed by atoms with Crippen LogP contribution in [-0.2, 0) is 22.7 Å². The first kappa shape index (κ1) is 23.8. The Bertz CT molecular complexity index is 1630. The molecular formula is C24H21F3N6O2S. The average Bonchev–Trinajstić information content (AvgIpc) is 3.34. The highest BCUT2D eigenvalue weighted by atomic mass is 32.2. The predicted molar refractivity (Wildman–Crippen MR) is 129 cm³/mol. The largest absolute Gasteiger partial charge is 0.417 e. The minimum Gasteiger partial charge on any atom is -0.369 e. The number of anilines is 2. The third-order valence-electron chi connectivity index (χ3n) is 5.95. The molecule has 2 aromatic rings. The summed E-state index contributed by atoms with van der Waals surface area (Å²) in [5.41, 5.74) is 2.41. The molecule has 0 aliphatic carbocycles. The van der Waals surface area contributed by atoms with Crippen molar-refractivity contribution in [2.45, 2.75) is 24.5 Å². The maximum atomic E-state index is 13.4. The Morgan fingerprint density at radius 1 is 1.11 bits per heavy atom. The fourth-order valence-electron chi connectivity index (χ4n) is 4.29. The molecule has 0 bridgehead atoms. The number of alkyl halides is 3. The van der Waals surface area contributed by atoms with Crippen LogP contribution in [0, 0.1) is 6.92 Å². The molecule has 0 unspecified atom stereocenters. The van der Waals surface area contributed by atoms with Crippen molar-refractivity contribution < 1.29 is 21.6 Å². The molecule has 0 spiro atoms. The number of nitrogens with one attached hydrogen (secondary N) is 2. The summed E-state index contributed by atoms with van der Waals surface area (Å²) in [6, 6.07) is 10.8. The monoisotopic (exact) mass is 514 g/mol. The Kier molecular flexibility index (Phi) is 5.70. The Balaban J connectivity index is 1.61. The van der Waals surface area contributed by atoms with Crippen LogP contribution in [0.3, 0.4) is 0 Å². The normalized spacial score (nSPS) is 14.1. The van der Waals surface area contributed by atoms with Crippen molar-refractivity contribution in [3.05, 3.63) is 71.5 Å². The average molecular weight is 515 g/mol. The van der Waals surface area contributed by atoms with Crippen molar-refractivity contribution >= 4 is 21.5 Å². The first-order valence-electron chi connectivity index (χ1n) is 11.0.